The number of ether oxygens (including phenoxy) is 2. The number of aliphatic hydroxyl groups is 1. The molecule has 2 rings (SSSR count). The standard InChI is InChI=1S/C15H19NO4/c1-3-16-10-13(15(18)19-4-2)12-9-11(20-8-7-17)5-6-14(12)16/h5-6,9-10,17H,3-4,7-8H2,1-2H3. The van der Waals surface area contributed by atoms with E-state index in [0.717, 1.165) is 17.4 Å². The zero-order chi connectivity index (χ0) is 14.5. The monoisotopic (exact) mass is 277 g/mol. The molecule has 0 aliphatic heterocycles. The van der Waals surface area contributed by atoms with Gasteiger partial charge < -0.3 is 19.1 Å². The van der Waals surface area contributed by atoms with Gasteiger partial charge in [-0.3, -0.25) is 0 Å². The molecule has 1 N–H and O–H groups in total. The first-order valence-corrected chi connectivity index (χ1v) is 6.74. The average molecular weight is 277 g/mol. The first kappa shape index (κ1) is 14.4. The maximum atomic E-state index is 12.0. The van der Waals surface area contributed by atoms with E-state index in [1.165, 1.54) is 0 Å². The molecule has 0 aliphatic carbocycles. The number of aliphatic hydroxyl groups excluding tert-OH is 1. The SMILES string of the molecule is CCOC(=O)c1cn(CC)c2ccc(OCCO)cc12. The molecule has 0 saturated heterocycles. The third-order valence-electron chi connectivity index (χ3n) is 3.05. The zero-order valence-electron chi connectivity index (χ0n) is 11.8. The Morgan fingerprint density at radius 2 is 2.15 bits per heavy atom. The Morgan fingerprint density at radius 1 is 1.35 bits per heavy atom. The van der Waals surface area contributed by atoms with E-state index in [1.807, 2.05) is 29.7 Å². The minimum absolute atomic E-state index is 0.0429. The third kappa shape index (κ3) is 2.77. The Bertz CT molecular complexity index is 603. The molecular formula is C15H19NO4. The van der Waals surface area contributed by atoms with Gasteiger partial charge in [0.25, 0.3) is 0 Å². The van der Waals surface area contributed by atoms with Crippen molar-refractivity contribution in [3.63, 3.8) is 0 Å². The number of hydrogen-bond donors (Lipinski definition) is 1. The Morgan fingerprint density at radius 3 is 2.80 bits per heavy atom. The van der Waals surface area contributed by atoms with Crippen molar-refractivity contribution in [1.29, 1.82) is 0 Å². The molecule has 0 amide bonds. The predicted molar refractivity (Wildman–Crippen MR) is 76.1 cm³/mol. The number of esters is 1. The second kappa shape index (κ2) is 6.43. The Balaban J connectivity index is 2.47. The van der Waals surface area contributed by atoms with E-state index < -0.39 is 0 Å². The van der Waals surface area contributed by atoms with E-state index in [2.05, 4.69) is 0 Å². The molecule has 1 aromatic heterocycles. The van der Waals surface area contributed by atoms with Crippen LogP contribution in [0.2, 0.25) is 0 Å². The summed E-state index contributed by atoms with van der Waals surface area (Å²) in [5.74, 6) is 0.301. The minimum Gasteiger partial charge on any atom is -0.491 e. The first-order valence-electron chi connectivity index (χ1n) is 6.74. The maximum Gasteiger partial charge on any atom is 0.340 e. The van der Waals surface area contributed by atoms with Crippen LogP contribution in [0, 0.1) is 0 Å². The van der Waals surface area contributed by atoms with Crippen molar-refractivity contribution < 1.29 is 19.4 Å². The fraction of sp³-hybridized carbons (Fsp3) is 0.400. The Hall–Kier alpha value is -2.01. The fourth-order valence-electron chi connectivity index (χ4n) is 2.16. The van der Waals surface area contributed by atoms with E-state index in [0.29, 0.717) is 17.9 Å². The smallest absolute Gasteiger partial charge is 0.340 e. The van der Waals surface area contributed by atoms with Gasteiger partial charge in [0.05, 0.1) is 18.8 Å². The zero-order valence-corrected chi connectivity index (χ0v) is 11.8. The van der Waals surface area contributed by atoms with Crippen LogP contribution in [0.5, 0.6) is 5.75 Å². The van der Waals surface area contributed by atoms with Crippen LogP contribution < -0.4 is 4.74 Å². The second-order valence-electron chi connectivity index (χ2n) is 4.30. The Labute approximate surface area is 117 Å². The summed E-state index contributed by atoms with van der Waals surface area (Å²) in [5.41, 5.74) is 1.50. The lowest BCUT2D eigenvalue weighted by molar-refractivity contribution is 0.0528. The van der Waals surface area contributed by atoms with Gasteiger partial charge in [-0.1, -0.05) is 0 Å². The summed E-state index contributed by atoms with van der Waals surface area (Å²) in [5, 5.41) is 9.60. The van der Waals surface area contributed by atoms with E-state index >= 15 is 0 Å². The quantitative estimate of drug-likeness (QED) is 0.822. The lowest BCUT2D eigenvalue weighted by Gasteiger charge is -2.05. The van der Waals surface area contributed by atoms with Crippen LogP contribution in [0.1, 0.15) is 24.2 Å². The number of nitrogens with zero attached hydrogens (tertiary/aromatic N) is 1. The number of aromatic nitrogens is 1. The van der Waals surface area contributed by atoms with Crippen LogP contribution in [0.25, 0.3) is 10.9 Å². The number of carbonyl (C=O) groups excluding carboxylic acids is 1. The van der Waals surface area contributed by atoms with Crippen molar-refractivity contribution in [3.8, 4) is 5.75 Å². The number of fused-ring (bicyclic) bond motifs is 1. The van der Waals surface area contributed by atoms with Crippen LogP contribution in [-0.4, -0.2) is 35.5 Å². The lowest BCUT2D eigenvalue weighted by atomic mass is 10.1. The molecule has 2 aromatic rings. The van der Waals surface area contributed by atoms with Crippen molar-refractivity contribution in [2.24, 2.45) is 0 Å². The first-order chi connectivity index (χ1) is 9.71. The van der Waals surface area contributed by atoms with Gasteiger partial charge in [0.15, 0.2) is 0 Å². The summed E-state index contributed by atoms with van der Waals surface area (Å²) in [6, 6.07) is 5.55. The van der Waals surface area contributed by atoms with Gasteiger partial charge in [-0.2, -0.15) is 0 Å². The van der Waals surface area contributed by atoms with Crippen molar-refractivity contribution in [2.45, 2.75) is 20.4 Å². The van der Waals surface area contributed by atoms with Crippen molar-refractivity contribution in [1.82, 2.24) is 4.57 Å². The van der Waals surface area contributed by atoms with Crippen molar-refractivity contribution in [2.75, 3.05) is 19.8 Å². The summed E-state index contributed by atoms with van der Waals surface area (Å²) in [6.45, 7) is 5.11. The van der Waals surface area contributed by atoms with Crippen LogP contribution in [0.3, 0.4) is 0 Å². The number of aryl methyl sites for hydroxylation is 1. The molecular weight excluding hydrogens is 258 g/mol. The number of benzene rings is 1. The van der Waals surface area contributed by atoms with Crippen LogP contribution in [0.15, 0.2) is 24.4 Å². The summed E-state index contributed by atoms with van der Waals surface area (Å²) in [7, 11) is 0. The molecule has 0 unspecified atom stereocenters. The number of rotatable bonds is 6. The van der Waals surface area contributed by atoms with Crippen molar-refractivity contribution in [3.05, 3.63) is 30.0 Å². The summed E-state index contributed by atoms with van der Waals surface area (Å²) < 4.78 is 12.5. The molecule has 5 nitrogen and oxygen atoms in total. The maximum absolute atomic E-state index is 12.0. The van der Waals surface area contributed by atoms with Gasteiger partial charge in [0.2, 0.25) is 0 Å². The molecule has 0 aliphatic rings. The van der Waals surface area contributed by atoms with Crippen molar-refractivity contribution >= 4 is 16.9 Å². The van der Waals surface area contributed by atoms with E-state index in [-0.39, 0.29) is 19.2 Å². The van der Waals surface area contributed by atoms with E-state index in [9.17, 15) is 4.79 Å². The summed E-state index contributed by atoms with van der Waals surface area (Å²) in [6.07, 6.45) is 1.80. The molecule has 1 heterocycles. The molecule has 0 fully saturated rings. The molecule has 5 heteroatoms. The largest absolute Gasteiger partial charge is 0.491 e. The summed E-state index contributed by atoms with van der Waals surface area (Å²) >= 11 is 0. The molecule has 0 bridgehead atoms. The van der Waals surface area contributed by atoms with Crippen LogP contribution in [-0.2, 0) is 11.3 Å². The molecule has 0 saturated carbocycles. The average Bonchev–Trinajstić information content (AvgIpc) is 2.83. The highest BCUT2D eigenvalue weighted by molar-refractivity contribution is 6.04. The fourth-order valence-corrected chi connectivity index (χ4v) is 2.16. The molecule has 0 radical (unpaired) electrons. The highest BCUT2D eigenvalue weighted by atomic mass is 16.5. The molecule has 1 aromatic carbocycles. The number of carbonyl (C=O) groups is 1. The van der Waals surface area contributed by atoms with Gasteiger partial charge in [-0.15, -0.1) is 0 Å². The van der Waals surface area contributed by atoms with Gasteiger partial charge in [0.1, 0.15) is 12.4 Å². The Kier molecular flexibility index (Phi) is 4.63. The number of hydrogen-bond acceptors (Lipinski definition) is 4. The van der Waals surface area contributed by atoms with Gasteiger partial charge in [-0.05, 0) is 32.0 Å². The third-order valence-corrected chi connectivity index (χ3v) is 3.05. The molecule has 20 heavy (non-hydrogen) atoms. The van der Waals surface area contributed by atoms with Gasteiger partial charge in [-0.25, -0.2) is 4.79 Å². The second-order valence-corrected chi connectivity index (χ2v) is 4.30. The highest BCUT2D eigenvalue weighted by Gasteiger charge is 2.16. The van der Waals surface area contributed by atoms with E-state index in [4.69, 9.17) is 14.6 Å². The summed E-state index contributed by atoms with van der Waals surface area (Å²) in [4.78, 5) is 12.0. The normalized spacial score (nSPS) is 10.8. The van der Waals surface area contributed by atoms with Crippen LogP contribution in [0.4, 0.5) is 0 Å². The predicted octanol–water partition coefficient (Wildman–Crippen LogP) is 2.21. The minimum atomic E-state index is -0.330. The van der Waals surface area contributed by atoms with Crippen LogP contribution >= 0.6 is 0 Å². The molecule has 0 atom stereocenters. The molecule has 0 spiro atoms. The van der Waals surface area contributed by atoms with E-state index in [1.54, 1.807) is 13.1 Å². The molecule has 108 valence electrons. The topological polar surface area (TPSA) is 60.7 Å². The van der Waals surface area contributed by atoms with Gasteiger partial charge >= 0.3 is 5.97 Å². The highest BCUT2D eigenvalue weighted by Crippen LogP contribution is 2.26. The van der Waals surface area contributed by atoms with Gasteiger partial charge in [0, 0.05) is 23.6 Å². The lowest BCUT2D eigenvalue weighted by Crippen LogP contribution is -2.04.